The van der Waals surface area contributed by atoms with Crippen LogP contribution in [0, 0.1) is 0 Å². The normalized spacial score (nSPS) is 15.9. The van der Waals surface area contributed by atoms with Crippen LogP contribution < -0.4 is 5.73 Å². The molecule has 0 aliphatic carbocycles. The molecule has 0 aliphatic heterocycles. The zero-order chi connectivity index (χ0) is 8.91. The SMILES string of the molecule is CCSCC[C@](C)(N)C(=O)O. The third-order valence-electron chi connectivity index (χ3n) is 1.46. The fraction of sp³-hybridized carbons (Fsp3) is 0.857. The molecule has 0 heterocycles. The average Bonchev–Trinajstić information content (AvgIpc) is 1.88. The van der Waals surface area contributed by atoms with E-state index in [0.29, 0.717) is 6.42 Å². The second-order valence-electron chi connectivity index (χ2n) is 2.67. The predicted octanol–water partition coefficient (Wildman–Crippen LogP) is 0.932. The van der Waals surface area contributed by atoms with Gasteiger partial charge in [0, 0.05) is 0 Å². The monoisotopic (exact) mass is 177 g/mol. The van der Waals surface area contributed by atoms with Gasteiger partial charge in [0.2, 0.25) is 0 Å². The van der Waals surface area contributed by atoms with E-state index < -0.39 is 11.5 Å². The molecular weight excluding hydrogens is 162 g/mol. The zero-order valence-electron chi connectivity index (χ0n) is 6.96. The van der Waals surface area contributed by atoms with Crippen LogP contribution in [-0.2, 0) is 4.79 Å². The molecule has 3 N–H and O–H groups in total. The van der Waals surface area contributed by atoms with Crippen LogP contribution in [0.4, 0.5) is 0 Å². The molecule has 0 saturated heterocycles. The van der Waals surface area contributed by atoms with Crippen LogP contribution in [0.1, 0.15) is 20.3 Å². The molecule has 0 aromatic carbocycles. The van der Waals surface area contributed by atoms with Crippen LogP contribution in [0.5, 0.6) is 0 Å². The molecule has 0 bridgehead atoms. The lowest BCUT2D eigenvalue weighted by atomic mass is 10.0. The molecule has 0 aromatic rings. The average molecular weight is 177 g/mol. The summed E-state index contributed by atoms with van der Waals surface area (Å²) in [6, 6.07) is 0. The summed E-state index contributed by atoms with van der Waals surface area (Å²) in [5.74, 6) is 0.903. The maximum absolute atomic E-state index is 10.5. The lowest BCUT2D eigenvalue weighted by molar-refractivity contribution is -0.142. The Labute approximate surface area is 71.3 Å². The summed E-state index contributed by atoms with van der Waals surface area (Å²) in [6.45, 7) is 3.59. The lowest BCUT2D eigenvalue weighted by Gasteiger charge is -2.17. The molecule has 4 heteroatoms. The van der Waals surface area contributed by atoms with Crippen LogP contribution in [0.15, 0.2) is 0 Å². The highest BCUT2D eigenvalue weighted by Crippen LogP contribution is 2.11. The molecule has 0 spiro atoms. The Hall–Kier alpha value is -0.220. The summed E-state index contributed by atoms with van der Waals surface area (Å²) < 4.78 is 0. The van der Waals surface area contributed by atoms with Crippen molar-refractivity contribution >= 4 is 17.7 Å². The van der Waals surface area contributed by atoms with Crippen LogP contribution in [-0.4, -0.2) is 28.1 Å². The van der Waals surface area contributed by atoms with Crippen molar-refractivity contribution in [1.29, 1.82) is 0 Å². The summed E-state index contributed by atoms with van der Waals surface area (Å²) in [5, 5.41) is 8.61. The summed E-state index contributed by atoms with van der Waals surface area (Å²) >= 11 is 1.71. The maximum atomic E-state index is 10.5. The van der Waals surface area contributed by atoms with Crippen LogP contribution >= 0.6 is 11.8 Å². The number of aliphatic carboxylic acids is 1. The van der Waals surface area contributed by atoms with Gasteiger partial charge in [0.1, 0.15) is 5.54 Å². The van der Waals surface area contributed by atoms with Crippen LogP contribution in [0.25, 0.3) is 0 Å². The van der Waals surface area contributed by atoms with Crippen molar-refractivity contribution in [3.8, 4) is 0 Å². The Morgan fingerprint density at radius 1 is 1.73 bits per heavy atom. The summed E-state index contributed by atoms with van der Waals surface area (Å²) in [5.41, 5.74) is 4.43. The van der Waals surface area contributed by atoms with Gasteiger partial charge < -0.3 is 10.8 Å². The second kappa shape index (κ2) is 4.62. The van der Waals surface area contributed by atoms with E-state index in [-0.39, 0.29) is 0 Å². The molecule has 0 unspecified atom stereocenters. The maximum Gasteiger partial charge on any atom is 0.323 e. The fourth-order valence-electron chi connectivity index (χ4n) is 0.535. The smallest absolute Gasteiger partial charge is 0.323 e. The van der Waals surface area contributed by atoms with Crippen molar-refractivity contribution < 1.29 is 9.90 Å². The first-order chi connectivity index (χ1) is 5.00. The molecular formula is C7H15NO2S. The van der Waals surface area contributed by atoms with Crippen LogP contribution in [0.3, 0.4) is 0 Å². The van der Waals surface area contributed by atoms with Crippen LogP contribution in [0.2, 0.25) is 0 Å². The van der Waals surface area contributed by atoms with E-state index in [1.165, 1.54) is 0 Å². The molecule has 11 heavy (non-hydrogen) atoms. The highest BCUT2D eigenvalue weighted by molar-refractivity contribution is 7.99. The topological polar surface area (TPSA) is 63.3 Å². The molecule has 0 saturated carbocycles. The second-order valence-corrected chi connectivity index (χ2v) is 4.06. The summed E-state index contributed by atoms with van der Waals surface area (Å²) in [6.07, 6.45) is 0.529. The number of carbonyl (C=O) groups is 1. The van der Waals surface area contributed by atoms with Gasteiger partial charge in [0.15, 0.2) is 0 Å². The van der Waals surface area contributed by atoms with Gasteiger partial charge in [-0.1, -0.05) is 6.92 Å². The van der Waals surface area contributed by atoms with E-state index in [1.54, 1.807) is 18.7 Å². The van der Waals surface area contributed by atoms with Crippen molar-refractivity contribution in [3.63, 3.8) is 0 Å². The molecule has 66 valence electrons. The van der Waals surface area contributed by atoms with E-state index >= 15 is 0 Å². The molecule has 3 nitrogen and oxygen atoms in total. The zero-order valence-corrected chi connectivity index (χ0v) is 7.78. The largest absolute Gasteiger partial charge is 0.480 e. The van der Waals surface area contributed by atoms with E-state index in [9.17, 15) is 4.79 Å². The number of carboxylic acid groups (broad SMARTS) is 1. The third kappa shape index (κ3) is 4.27. The Kier molecular flexibility index (Phi) is 4.52. The van der Waals surface area contributed by atoms with E-state index in [4.69, 9.17) is 10.8 Å². The van der Waals surface area contributed by atoms with Gasteiger partial charge in [0.05, 0.1) is 0 Å². The van der Waals surface area contributed by atoms with Gasteiger partial charge in [-0.15, -0.1) is 0 Å². The molecule has 0 rings (SSSR count). The van der Waals surface area contributed by atoms with E-state index in [2.05, 4.69) is 0 Å². The highest BCUT2D eigenvalue weighted by Gasteiger charge is 2.26. The first-order valence-corrected chi connectivity index (χ1v) is 4.76. The Bertz CT molecular complexity index is 136. The summed E-state index contributed by atoms with van der Waals surface area (Å²) in [7, 11) is 0. The van der Waals surface area contributed by atoms with Crippen molar-refractivity contribution in [2.24, 2.45) is 5.73 Å². The fourth-order valence-corrected chi connectivity index (χ4v) is 1.39. The third-order valence-corrected chi connectivity index (χ3v) is 2.36. The molecule has 0 aliphatic rings. The van der Waals surface area contributed by atoms with Gasteiger partial charge in [-0.3, -0.25) is 4.79 Å². The van der Waals surface area contributed by atoms with Crippen molar-refractivity contribution in [3.05, 3.63) is 0 Å². The standard InChI is InChI=1S/C7H15NO2S/c1-3-11-5-4-7(2,8)6(9)10/h3-5,8H2,1-2H3,(H,9,10)/t7-/m0/s1. The Morgan fingerprint density at radius 2 is 2.27 bits per heavy atom. The molecule has 0 aromatic heterocycles. The number of carboxylic acids is 1. The van der Waals surface area contributed by atoms with Gasteiger partial charge in [-0.25, -0.2) is 0 Å². The quantitative estimate of drug-likeness (QED) is 0.613. The Morgan fingerprint density at radius 3 is 2.64 bits per heavy atom. The molecule has 1 atom stereocenters. The highest BCUT2D eigenvalue weighted by atomic mass is 32.2. The number of nitrogens with two attached hydrogens (primary N) is 1. The summed E-state index contributed by atoms with van der Waals surface area (Å²) in [4.78, 5) is 10.5. The van der Waals surface area contributed by atoms with Gasteiger partial charge >= 0.3 is 5.97 Å². The Balaban J connectivity index is 3.64. The first kappa shape index (κ1) is 10.8. The van der Waals surface area contributed by atoms with Gasteiger partial charge in [-0.2, -0.15) is 11.8 Å². The predicted molar refractivity (Wildman–Crippen MR) is 47.8 cm³/mol. The minimum atomic E-state index is -1.05. The van der Waals surface area contributed by atoms with Crippen molar-refractivity contribution in [1.82, 2.24) is 0 Å². The number of rotatable bonds is 5. The molecule has 0 fully saturated rings. The lowest BCUT2D eigenvalue weighted by Crippen LogP contribution is -2.45. The van der Waals surface area contributed by atoms with E-state index in [0.717, 1.165) is 11.5 Å². The van der Waals surface area contributed by atoms with Gasteiger partial charge in [-0.05, 0) is 24.9 Å². The number of hydrogen-bond donors (Lipinski definition) is 2. The first-order valence-electron chi connectivity index (χ1n) is 3.60. The number of hydrogen-bond acceptors (Lipinski definition) is 3. The van der Waals surface area contributed by atoms with Crippen molar-refractivity contribution in [2.75, 3.05) is 11.5 Å². The molecule has 0 radical (unpaired) electrons. The molecule has 0 amide bonds. The minimum absolute atomic E-state index is 0.529. The van der Waals surface area contributed by atoms with Gasteiger partial charge in [0.25, 0.3) is 0 Å². The minimum Gasteiger partial charge on any atom is -0.480 e. The van der Waals surface area contributed by atoms with Crippen molar-refractivity contribution in [2.45, 2.75) is 25.8 Å². The number of thioether (sulfide) groups is 1. The van der Waals surface area contributed by atoms with E-state index in [1.807, 2.05) is 6.92 Å².